The Morgan fingerprint density at radius 1 is 1.29 bits per heavy atom. The number of aryl methyl sites for hydroxylation is 1. The van der Waals surface area contributed by atoms with E-state index in [0.29, 0.717) is 22.2 Å². The van der Waals surface area contributed by atoms with E-state index in [1.165, 1.54) is 28.2 Å². The molecule has 4 heterocycles. The van der Waals surface area contributed by atoms with Crippen molar-refractivity contribution in [2.75, 3.05) is 11.5 Å². The molecule has 0 radical (unpaired) electrons. The third kappa shape index (κ3) is 5.26. The van der Waals surface area contributed by atoms with Gasteiger partial charge in [-0.3, -0.25) is 14.5 Å². The van der Waals surface area contributed by atoms with Crippen LogP contribution >= 0.6 is 23.5 Å². The molecular weight excluding hydrogens is 574 g/mol. The molecule has 1 fully saturated rings. The lowest BCUT2D eigenvalue weighted by Gasteiger charge is -2.50. The lowest BCUT2D eigenvalue weighted by Crippen LogP contribution is -2.76. The predicted molar refractivity (Wildman–Crippen MR) is 147 cm³/mol. The highest BCUT2D eigenvalue weighted by Gasteiger charge is 2.59. The number of carbonyl (C=O) groups is 4. The van der Waals surface area contributed by atoms with Crippen LogP contribution in [0.25, 0.3) is 0 Å². The number of nitrogens with two attached hydrogens (primary N) is 1. The fraction of sp³-hybridized carbons (Fsp3) is 0.480. The van der Waals surface area contributed by atoms with Crippen LogP contribution < -0.4 is 15.8 Å². The molecule has 0 bridgehead atoms. The Morgan fingerprint density at radius 3 is 2.66 bits per heavy atom. The van der Waals surface area contributed by atoms with Crippen LogP contribution in [0.4, 0.5) is 0 Å². The van der Waals surface area contributed by atoms with Crippen LogP contribution in [-0.2, 0) is 37.4 Å². The number of carboxylic acid groups (broad SMARTS) is 1. The summed E-state index contributed by atoms with van der Waals surface area (Å²) in [6, 6.07) is 5.99. The number of β-lactam (4-membered cyclic amide) rings is 1. The zero-order chi connectivity index (χ0) is 29.7. The second kappa shape index (κ2) is 10.6. The molecule has 2 amide bonds. The second-order valence-electron chi connectivity index (χ2n) is 10.8. The summed E-state index contributed by atoms with van der Waals surface area (Å²) in [6.45, 7) is 4.95. The number of rotatable bonds is 8. The van der Waals surface area contributed by atoms with E-state index in [1.807, 2.05) is 12.1 Å². The van der Waals surface area contributed by atoms with Crippen molar-refractivity contribution in [2.24, 2.45) is 12.8 Å². The lowest BCUT2D eigenvalue weighted by molar-refractivity contribution is -0.169. The van der Waals surface area contributed by atoms with Crippen LogP contribution in [0.5, 0.6) is 5.75 Å². The summed E-state index contributed by atoms with van der Waals surface area (Å²) in [6.07, 6.45) is -0.913. The van der Waals surface area contributed by atoms with Gasteiger partial charge < -0.3 is 25.6 Å². The number of hydrogen-bond acceptors (Lipinski definition) is 12. The first kappa shape index (κ1) is 28.9. The number of ether oxygens (including phenoxy) is 2. The maximum absolute atomic E-state index is 13.7. The van der Waals surface area contributed by atoms with Crippen molar-refractivity contribution in [3.05, 3.63) is 41.1 Å². The standard InChI is InChI=1S/C25H29N7O7S2/c1-24(2,3)39-22(37)25(26,15-9-12-7-5-6-8-14(12)38-15)21(36)27-16-18(33)32-17(20(34)35)13(10-40-19(16)32)11-41-23-28-29-30-31(23)4/h5-8,15-16,19H,9-11,26H2,1-4H3,(H,27,36)(H,34,35). The number of aliphatic carboxylic acids is 1. The van der Waals surface area contributed by atoms with Gasteiger partial charge in [0.05, 0.1) is 0 Å². The Balaban J connectivity index is 1.36. The third-order valence-electron chi connectivity index (χ3n) is 6.76. The number of fused-ring (bicyclic) bond motifs is 2. The monoisotopic (exact) mass is 603 g/mol. The van der Waals surface area contributed by atoms with Crippen molar-refractivity contribution in [2.45, 2.75) is 61.0 Å². The van der Waals surface area contributed by atoms with Crippen molar-refractivity contribution < 1.29 is 33.8 Å². The van der Waals surface area contributed by atoms with Crippen molar-refractivity contribution in [3.63, 3.8) is 0 Å². The van der Waals surface area contributed by atoms with E-state index in [2.05, 4.69) is 20.8 Å². The van der Waals surface area contributed by atoms with Crippen molar-refractivity contribution in [1.82, 2.24) is 30.4 Å². The molecule has 14 nitrogen and oxygen atoms in total. The van der Waals surface area contributed by atoms with Gasteiger partial charge in [0.15, 0.2) is 0 Å². The van der Waals surface area contributed by atoms with Gasteiger partial charge in [0.1, 0.15) is 34.6 Å². The summed E-state index contributed by atoms with van der Waals surface area (Å²) in [5, 5.41) is 23.6. The lowest BCUT2D eigenvalue weighted by atomic mass is 9.88. The van der Waals surface area contributed by atoms with Crippen LogP contribution in [0.2, 0.25) is 0 Å². The van der Waals surface area contributed by atoms with Crippen LogP contribution in [-0.4, -0.2) is 94.1 Å². The molecule has 3 aliphatic heterocycles. The first-order valence-corrected chi connectivity index (χ1v) is 14.7. The number of carbonyl (C=O) groups excluding carboxylic acids is 3. The van der Waals surface area contributed by atoms with E-state index in [0.717, 1.165) is 10.5 Å². The van der Waals surface area contributed by atoms with E-state index in [9.17, 15) is 24.3 Å². The minimum absolute atomic E-state index is 0.146. The van der Waals surface area contributed by atoms with E-state index in [-0.39, 0.29) is 17.9 Å². The number of para-hydroxylation sites is 1. The third-order valence-corrected chi connectivity index (χ3v) is 9.20. The number of tetrazole rings is 1. The predicted octanol–water partition coefficient (Wildman–Crippen LogP) is 0.0837. The second-order valence-corrected chi connectivity index (χ2v) is 12.8. The summed E-state index contributed by atoms with van der Waals surface area (Å²) in [5.41, 5.74) is 4.45. The summed E-state index contributed by atoms with van der Waals surface area (Å²) >= 11 is 2.54. The Labute approximate surface area is 243 Å². The summed E-state index contributed by atoms with van der Waals surface area (Å²) in [4.78, 5) is 53.8. The molecular formula is C25H29N7O7S2. The zero-order valence-electron chi connectivity index (χ0n) is 22.7. The van der Waals surface area contributed by atoms with Gasteiger partial charge in [-0.1, -0.05) is 30.0 Å². The molecule has 218 valence electrons. The van der Waals surface area contributed by atoms with Gasteiger partial charge in [0, 0.05) is 25.0 Å². The largest absolute Gasteiger partial charge is 0.487 e. The Morgan fingerprint density at radius 2 is 2.02 bits per heavy atom. The minimum Gasteiger partial charge on any atom is -0.487 e. The number of esters is 1. The molecule has 0 aliphatic carbocycles. The molecule has 1 aromatic heterocycles. The van der Waals surface area contributed by atoms with Gasteiger partial charge in [-0.15, -0.1) is 16.9 Å². The smallest absolute Gasteiger partial charge is 0.352 e. The molecule has 1 saturated heterocycles. The number of aromatic nitrogens is 4. The molecule has 4 unspecified atom stereocenters. The fourth-order valence-electron chi connectivity index (χ4n) is 4.72. The fourth-order valence-corrected chi connectivity index (χ4v) is 7.05. The molecule has 3 aliphatic rings. The normalized spacial score (nSPS) is 23.1. The van der Waals surface area contributed by atoms with Gasteiger partial charge in [-0.2, -0.15) is 0 Å². The molecule has 4 N–H and O–H groups in total. The van der Waals surface area contributed by atoms with Crippen molar-refractivity contribution in [3.8, 4) is 5.75 Å². The van der Waals surface area contributed by atoms with E-state index >= 15 is 0 Å². The van der Waals surface area contributed by atoms with Gasteiger partial charge in [0.25, 0.3) is 11.8 Å². The number of nitrogens with one attached hydrogen (secondary N) is 1. The van der Waals surface area contributed by atoms with Crippen LogP contribution in [0.15, 0.2) is 40.7 Å². The average Bonchev–Trinajstić information content (AvgIpc) is 3.54. The molecule has 41 heavy (non-hydrogen) atoms. The van der Waals surface area contributed by atoms with Crippen LogP contribution in [0.3, 0.4) is 0 Å². The molecule has 0 saturated carbocycles. The number of amides is 2. The molecule has 0 spiro atoms. The maximum Gasteiger partial charge on any atom is 0.352 e. The Kier molecular flexibility index (Phi) is 7.50. The Bertz CT molecular complexity index is 1430. The zero-order valence-corrected chi connectivity index (χ0v) is 24.3. The highest BCUT2D eigenvalue weighted by Crippen LogP contribution is 2.42. The molecule has 2 aromatic rings. The topological polar surface area (TPSA) is 192 Å². The van der Waals surface area contributed by atoms with E-state index < -0.39 is 52.4 Å². The number of thioether (sulfide) groups is 2. The van der Waals surface area contributed by atoms with Crippen molar-refractivity contribution in [1.29, 1.82) is 0 Å². The van der Waals surface area contributed by atoms with Gasteiger partial charge in [-0.25, -0.2) is 14.3 Å². The first-order chi connectivity index (χ1) is 19.3. The van der Waals surface area contributed by atoms with E-state index in [1.54, 1.807) is 40.0 Å². The first-order valence-electron chi connectivity index (χ1n) is 12.6. The van der Waals surface area contributed by atoms with E-state index in [4.69, 9.17) is 15.2 Å². The highest BCUT2D eigenvalue weighted by atomic mass is 32.2. The SMILES string of the molecule is Cn1nnnc1SCC1=C(C(=O)O)N2C(=O)C(NC(=O)C(N)(C(=O)OC(C)(C)C)C3Cc4ccccc4O3)C2SC1. The molecule has 4 atom stereocenters. The summed E-state index contributed by atoms with van der Waals surface area (Å²) in [5.74, 6) is -2.79. The number of benzene rings is 1. The van der Waals surface area contributed by atoms with Crippen LogP contribution in [0.1, 0.15) is 26.3 Å². The Hall–Kier alpha value is -3.63. The minimum atomic E-state index is -2.29. The summed E-state index contributed by atoms with van der Waals surface area (Å²) < 4.78 is 12.9. The maximum atomic E-state index is 13.7. The number of nitrogens with zero attached hydrogens (tertiary/aromatic N) is 5. The molecule has 16 heteroatoms. The quantitative estimate of drug-likeness (QED) is 0.159. The molecule has 1 aromatic carbocycles. The van der Waals surface area contributed by atoms with Gasteiger partial charge >= 0.3 is 11.9 Å². The number of hydrogen-bond donors (Lipinski definition) is 3. The summed E-state index contributed by atoms with van der Waals surface area (Å²) in [7, 11) is 1.66. The van der Waals surface area contributed by atoms with Crippen molar-refractivity contribution >= 4 is 47.3 Å². The van der Waals surface area contributed by atoms with Gasteiger partial charge in [0.2, 0.25) is 10.7 Å². The highest BCUT2D eigenvalue weighted by molar-refractivity contribution is 8.01. The number of carboxylic acids is 1. The van der Waals surface area contributed by atoms with Crippen LogP contribution in [0, 0.1) is 0 Å². The molecule has 5 rings (SSSR count). The van der Waals surface area contributed by atoms with Gasteiger partial charge in [-0.05, 0) is 48.4 Å². The average molecular weight is 604 g/mol.